The van der Waals surface area contributed by atoms with Gasteiger partial charge in [0.15, 0.2) is 11.5 Å². The number of rotatable bonds is 7. The van der Waals surface area contributed by atoms with E-state index in [1.807, 2.05) is 0 Å². The summed E-state index contributed by atoms with van der Waals surface area (Å²) >= 11 is 0. The van der Waals surface area contributed by atoms with Crippen LogP contribution in [0.5, 0.6) is 11.5 Å². The number of phenolic OH excluding ortho intramolecular Hbond substituents is 2. The molecule has 0 unspecified atom stereocenters. The molecular formula is C15H20N4O3. The highest BCUT2D eigenvalue weighted by Crippen LogP contribution is 2.24. The van der Waals surface area contributed by atoms with Crippen molar-refractivity contribution in [3.05, 3.63) is 47.9 Å². The summed E-state index contributed by atoms with van der Waals surface area (Å²) < 4.78 is 0. The van der Waals surface area contributed by atoms with Crippen LogP contribution in [0.1, 0.15) is 17.3 Å². The Kier molecular flexibility index (Phi) is 6.49. The van der Waals surface area contributed by atoms with Gasteiger partial charge in [0.1, 0.15) is 5.82 Å². The largest absolute Gasteiger partial charge is 0.504 e. The Morgan fingerprint density at radius 1 is 1.32 bits per heavy atom. The average molecular weight is 304 g/mol. The molecule has 7 nitrogen and oxygen atoms in total. The first-order valence-corrected chi connectivity index (χ1v) is 6.64. The number of hydrogen-bond acceptors (Lipinski definition) is 6. The first-order chi connectivity index (χ1) is 10.5. The predicted molar refractivity (Wildman–Crippen MR) is 85.7 cm³/mol. The zero-order valence-corrected chi connectivity index (χ0v) is 12.3. The van der Waals surface area contributed by atoms with E-state index in [-0.39, 0.29) is 23.0 Å². The maximum absolute atomic E-state index is 11.8. The molecule has 0 aliphatic rings. The molecule has 0 bridgehead atoms. The second-order valence-electron chi connectivity index (χ2n) is 4.28. The number of nitrogens with one attached hydrogen (secondary N) is 2. The molecule has 0 atom stereocenters. The van der Waals surface area contributed by atoms with E-state index in [9.17, 15) is 15.0 Å². The van der Waals surface area contributed by atoms with Gasteiger partial charge in [-0.3, -0.25) is 4.79 Å². The number of aromatic hydroxyl groups is 2. The lowest BCUT2D eigenvalue weighted by molar-refractivity contribution is 0.0953. The molecule has 1 amide bonds. The Morgan fingerprint density at radius 3 is 2.59 bits per heavy atom. The maximum atomic E-state index is 11.8. The third-order valence-electron chi connectivity index (χ3n) is 2.71. The number of nitrogens with zero attached hydrogens (tertiary/aromatic N) is 1. The zero-order chi connectivity index (χ0) is 16.5. The molecular weight excluding hydrogens is 284 g/mol. The van der Waals surface area contributed by atoms with Crippen LogP contribution in [-0.2, 0) is 0 Å². The number of nitrogens with two attached hydrogens (primary N) is 1. The lowest BCUT2D eigenvalue weighted by atomic mass is 10.2. The molecule has 7 heteroatoms. The third kappa shape index (κ3) is 4.86. The van der Waals surface area contributed by atoms with Crippen LogP contribution in [-0.4, -0.2) is 35.4 Å². The van der Waals surface area contributed by atoms with Crippen LogP contribution in [0.3, 0.4) is 0 Å². The molecule has 118 valence electrons. The minimum atomic E-state index is -0.360. The van der Waals surface area contributed by atoms with Gasteiger partial charge in [-0.15, -0.1) is 0 Å². The Hall–Kier alpha value is -2.96. The van der Waals surface area contributed by atoms with E-state index in [2.05, 4.69) is 22.2 Å². The zero-order valence-electron chi connectivity index (χ0n) is 12.3. The number of amides is 1. The van der Waals surface area contributed by atoms with Gasteiger partial charge in [0, 0.05) is 24.9 Å². The van der Waals surface area contributed by atoms with Crippen molar-refractivity contribution in [2.45, 2.75) is 6.92 Å². The van der Waals surface area contributed by atoms with E-state index >= 15 is 0 Å². The summed E-state index contributed by atoms with van der Waals surface area (Å²) in [4.78, 5) is 15.8. The highest BCUT2D eigenvalue weighted by molar-refractivity contribution is 5.94. The SMILES string of the molecule is C=C/C(NCCNC(=O)c1ccc(O)c(O)c1)=C(/N)N=CC. The Labute approximate surface area is 128 Å². The van der Waals surface area contributed by atoms with E-state index in [0.717, 1.165) is 0 Å². The smallest absolute Gasteiger partial charge is 0.251 e. The molecule has 0 saturated heterocycles. The van der Waals surface area contributed by atoms with E-state index in [4.69, 9.17) is 5.73 Å². The second-order valence-corrected chi connectivity index (χ2v) is 4.28. The van der Waals surface area contributed by atoms with E-state index in [1.165, 1.54) is 18.2 Å². The molecule has 1 aromatic carbocycles. The number of hydrogen-bond donors (Lipinski definition) is 5. The molecule has 1 aromatic rings. The van der Waals surface area contributed by atoms with Gasteiger partial charge in [-0.05, 0) is 31.2 Å². The highest BCUT2D eigenvalue weighted by Gasteiger charge is 2.08. The van der Waals surface area contributed by atoms with Crippen molar-refractivity contribution >= 4 is 12.1 Å². The summed E-state index contributed by atoms with van der Waals surface area (Å²) in [6.45, 7) is 6.14. The van der Waals surface area contributed by atoms with Crippen LogP contribution >= 0.6 is 0 Å². The second kappa shape index (κ2) is 8.35. The number of allylic oxidation sites excluding steroid dienone is 1. The van der Waals surface area contributed by atoms with Crippen LogP contribution in [0.4, 0.5) is 0 Å². The first-order valence-electron chi connectivity index (χ1n) is 6.64. The molecule has 0 saturated carbocycles. The molecule has 22 heavy (non-hydrogen) atoms. The summed E-state index contributed by atoms with van der Waals surface area (Å²) in [6, 6.07) is 3.87. The molecule has 0 heterocycles. The van der Waals surface area contributed by atoms with Gasteiger partial charge in [0.2, 0.25) is 0 Å². The number of phenols is 2. The molecule has 1 rings (SSSR count). The lowest BCUT2D eigenvalue weighted by Crippen LogP contribution is -2.32. The third-order valence-corrected chi connectivity index (χ3v) is 2.71. The fourth-order valence-electron chi connectivity index (χ4n) is 1.62. The Morgan fingerprint density at radius 2 is 2.00 bits per heavy atom. The highest BCUT2D eigenvalue weighted by atomic mass is 16.3. The topological polar surface area (TPSA) is 120 Å². The van der Waals surface area contributed by atoms with Crippen LogP contribution < -0.4 is 16.4 Å². The normalized spacial score (nSPS) is 11.9. The van der Waals surface area contributed by atoms with Crippen LogP contribution in [0.2, 0.25) is 0 Å². The van der Waals surface area contributed by atoms with Gasteiger partial charge >= 0.3 is 0 Å². The number of benzene rings is 1. The summed E-state index contributed by atoms with van der Waals surface area (Å²) in [7, 11) is 0. The van der Waals surface area contributed by atoms with Gasteiger partial charge in [0.25, 0.3) is 5.91 Å². The van der Waals surface area contributed by atoms with Crippen LogP contribution in [0.25, 0.3) is 0 Å². The summed E-state index contributed by atoms with van der Waals surface area (Å²) in [5.74, 6) is -0.660. The lowest BCUT2D eigenvalue weighted by Gasteiger charge is -2.10. The Balaban J connectivity index is 2.50. The van der Waals surface area contributed by atoms with Crippen LogP contribution in [0, 0.1) is 0 Å². The predicted octanol–water partition coefficient (Wildman–Crippen LogP) is 0.822. The van der Waals surface area contributed by atoms with Crippen molar-refractivity contribution in [3.63, 3.8) is 0 Å². The van der Waals surface area contributed by atoms with Crippen molar-refractivity contribution in [2.75, 3.05) is 13.1 Å². The molecule has 6 N–H and O–H groups in total. The molecule has 0 aliphatic carbocycles. The summed E-state index contributed by atoms with van der Waals surface area (Å²) in [5.41, 5.74) is 6.54. The number of carbonyl (C=O) groups is 1. The minimum Gasteiger partial charge on any atom is -0.504 e. The molecule has 0 aliphatic heterocycles. The van der Waals surface area contributed by atoms with E-state index in [1.54, 1.807) is 19.2 Å². The molecule has 0 fully saturated rings. The number of aliphatic imine (C=N–C) groups is 1. The molecule has 0 spiro atoms. The minimum absolute atomic E-state index is 0.255. The Bertz CT molecular complexity index is 609. The van der Waals surface area contributed by atoms with Crippen molar-refractivity contribution in [2.24, 2.45) is 10.7 Å². The molecule has 0 radical (unpaired) electrons. The summed E-state index contributed by atoms with van der Waals surface area (Å²) in [5, 5.41) is 24.2. The van der Waals surface area contributed by atoms with Gasteiger partial charge in [-0.2, -0.15) is 0 Å². The van der Waals surface area contributed by atoms with Crippen LogP contribution in [0.15, 0.2) is 47.4 Å². The van der Waals surface area contributed by atoms with Gasteiger partial charge in [-0.1, -0.05) is 6.58 Å². The van der Waals surface area contributed by atoms with Gasteiger partial charge < -0.3 is 26.6 Å². The van der Waals surface area contributed by atoms with E-state index < -0.39 is 0 Å². The van der Waals surface area contributed by atoms with Crippen molar-refractivity contribution < 1.29 is 15.0 Å². The van der Waals surface area contributed by atoms with Crippen molar-refractivity contribution in [1.29, 1.82) is 0 Å². The first kappa shape index (κ1) is 17.1. The van der Waals surface area contributed by atoms with Crippen molar-refractivity contribution in [1.82, 2.24) is 10.6 Å². The molecule has 0 aromatic heterocycles. The fraction of sp³-hybridized carbons (Fsp3) is 0.200. The van der Waals surface area contributed by atoms with Gasteiger partial charge in [0.05, 0.1) is 5.70 Å². The average Bonchev–Trinajstić information content (AvgIpc) is 2.50. The fourth-order valence-corrected chi connectivity index (χ4v) is 1.62. The van der Waals surface area contributed by atoms with E-state index in [0.29, 0.717) is 24.6 Å². The van der Waals surface area contributed by atoms with Crippen molar-refractivity contribution in [3.8, 4) is 11.5 Å². The van der Waals surface area contributed by atoms with Gasteiger partial charge in [-0.25, -0.2) is 4.99 Å². The quantitative estimate of drug-likeness (QED) is 0.221. The summed E-state index contributed by atoms with van der Waals surface area (Å²) in [6.07, 6.45) is 3.11. The standard InChI is InChI=1S/C15H20N4O3/c1-3-11(14(16)17-4-2)18-7-8-19-15(22)10-5-6-12(20)13(21)9-10/h3-6,9,18,20-21H,1,7-8,16H2,2H3,(H,19,22)/b14-11+,17-4?. The monoisotopic (exact) mass is 304 g/mol. The maximum Gasteiger partial charge on any atom is 0.251 e. The number of carbonyl (C=O) groups excluding carboxylic acids is 1.